The second kappa shape index (κ2) is 9.63. The van der Waals surface area contributed by atoms with Crippen LogP contribution in [-0.2, 0) is 34.2 Å². The summed E-state index contributed by atoms with van der Waals surface area (Å²) < 4.78 is 16.2. The van der Waals surface area contributed by atoms with Gasteiger partial charge in [-0.05, 0) is 30.2 Å². The van der Waals surface area contributed by atoms with Crippen LogP contribution in [0.4, 0.5) is 5.69 Å². The van der Waals surface area contributed by atoms with Gasteiger partial charge in [-0.1, -0.05) is 78.4 Å². The number of carbonyl (C=O) groups is 2. The van der Waals surface area contributed by atoms with Gasteiger partial charge in [-0.2, -0.15) is 0 Å². The van der Waals surface area contributed by atoms with Crippen molar-refractivity contribution in [3.63, 3.8) is 0 Å². The summed E-state index contributed by atoms with van der Waals surface area (Å²) in [6, 6.07) is 27.5. The molecule has 0 saturated carbocycles. The highest BCUT2D eigenvalue weighted by Crippen LogP contribution is 2.60. The molecule has 3 aromatic carbocycles. The van der Waals surface area contributed by atoms with Gasteiger partial charge in [0.25, 0.3) is 0 Å². The molecule has 0 bridgehead atoms. The molecule has 0 radical (unpaired) electrons. The molecule has 2 aliphatic rings. The van der Waals surface area contributed by atoms with E-state index in [2.05, 4.69) is 4.90 Å². The number of fused-ring (bicyclic) bond motifs is 1. The average Bonchev–Trinajstić information content (AvgIpc) is 3.43. The van der Waals surface area contributed by atoms with Crippen molar-refractivity contribution in [2.75, 3.05) is 32.8 Å². The van der Waals surface area contributed by atoms with Gasteiger partial charge in [-0.15, -0.1) is 5.06 Å². The normalized spacial score (nSPS) is 27.1. The summed E-state index contributed by atoms with van der Waals surface area (Å²) in [5.41, 5.74) is 2.61. The van der Waals surface area contributed by atoms with E-state index in [1.165, 1.54) is 21.3 Å². The monoisotopic (exact) mass is 502 g/mol. The number of methoxy groups -OCH3 is 3. The van der Waals surface area contributed by atoms with Crippen LogP contribution in [0.3, 0.4) is 0 Å². The molecule has 0 aliphatic carbocycles. The molecule has 8 nitrogen and oxygen atoms in total. The molecule has 1 unspecified atom stereocenters. The molecule has 0 amide bonds. The minimum atomic E-state index is -2.05. The Hall–Kier alpha value is -3.72. The molecule has 5 rings (SSSR count). The molecule has 2 aliphatic heterocycles. The Kier molecular flexibility index (Phi) is 6.49. The van der Waals surface area contributed by atoms with Crippen molar-refractivity contribution in [3.05, 3.63) is 102 Å². The number of ether oxygens (including phenoxy) is 3. The van der Waals surface area contributed by atoms with E-state index in [0.29, 0.717) is 6.54 Å². The van der Waals surface area contributed by atoms with Gasteiger partial charge < -0.3 is 19.1 Å². The Balaban J connectivity index is 1.81. The number of nitrogens with zero attached hydrogens (tertiary/aromatic N) is 2. The first-order valence-corrected chi connectivity index (χ1v) is 12.1. The second-order valence-electron chi connectivity index (χ2n) is 9.27. The van der Waals surface area contributed by atoms with Gasteiger partial charge in [0.05, 0.1) is 14.2 Å². The van der Waals surface area contributed by atoms with Gasteiger partial charge in [0.15, 0.2) is 5.92 Å². The van der Waals surface area contributed by atoms with E-state index in [1.54, 1.807) is 5.06 Å². The number of hydrogen-bond acceptors (Lipinski definition) is 8. The van der Waals surface area contributed by atoms with Crippen molar-refractivity contribution in [1.29, 1.82) is 0 Å². The molecular formula is C29H30N2O6. The molecule has 3 aromatic rings. The maximum atomic E-state index is 13.6. The number of esters is 2. The Morgan fingerprint density at radius 3 is 2.05 bits per heavy atom. The van der Waals surface area contributed by atoms with E-state index in [4.69, 9.17) is 19.0 Å². The third kappa shape index (κ3) is 3.71. The Morgan fingerprint density at radius 2 is 1.49 bits per heavy atom. The fourth-order valence-corrected chi connectivity index (χ4v) is 5.65. The number of aryl methyl sites for hydroxylation is 1. The van der Waals surface area contributed by atoms with Gasteiger partial charge in [-0.25, -0.2) is 9.63 Å². The van der Waals surface area contributed by atoms with Crippen LogP contribution in [0.5, 0.6) is 0 Å². The smallest absolute Gasteiger partial charge is 0.369 e. The standard InChI is InChI=1S/C29H30N2O6/c1-20-15-17-23(18-16-20)30-19-28(22-13-9-6-10-14-22)24(26(32)34-2)29(36-4,27(33)35-3)37-31(28)25(30)21-11-7-5-8-12-21/h5-18,24-25H,19H2,1-4H3/t24-,25-,28-,29?/m0/s1. The number of rotatable bonds is 6. The van der Waals surface area contributed by atoms with Crippen LogP contribution in [0.25, 0.3) is 0 Å². The zero-order valence-corrected chi connectivity index (χ0v) is 21.3. The molecule has 2 fully saturated rings. The van der Waals surface area contributed by atoms with Crippen LogP contribution >= 0.6 is 0 Å². The van der Waals surface area contributed by atoms with Crippen molar-refractivity contribution < 1.29 is 28.6 Å². The lowest BCUT2D eigenvalue weighted by Crippen LogP contribution is -2.56. The Bertz CT molecular complexity index is 1270. The summed E-state index contributed by atoms with van der Waals surface area (Å²) in [5.74, 6) is -4.71. The maximum absolute atomic E-state index is 13.6. The fraction of sp³-hybridized carbons (Fsp3) is 0.310. The largest absolute Gasteiger partial charge is 0.469 e. The first-order valence-electron chi connectivity index (χ1n) is 12.1. The summed E-state index contributed by atoms with van der Waals surface area (Å²) in [7, 11) is 3.87. The van der Waals surface area contributed by atoms with Crippen LogP contribution in [0.2, 0.25) is 0 Å². The highest BCUT2D eigenvalue weighted by Gasteiger charge is 2.76. The van der Waals surface area contributed by atoms with Crippen molar-refractivity contribution in [2.45, 2.75) is 24.4 Å². The summed E-state index contributed by atoms with van der Waals surface area (Å²) in [6.07, 6.45) is -0.502. The van der Waals surface area contributed by atoms with E-state index in [0.717, 1.165) is 22.4 Å². The SMILES string of the molecule is COC(=O)[C@@H]1C(OC)(C(=O)OC)ON2[C@@H](c3ccccc3)N(c3ccc(C)cc3)C[C@]12c1ccccc1. The van der Waals surface area contributed by atoms with Gasteiger partial charge >= 0.3 is 17.7 Å². The lowest BCUT2D eigenvalue weighted by Gasteiger charge is -2.35. The van der Waals surface area contributed by atoms with Gasteiger partial charge in [-0.3, -0.25) is 4.79 Å². The number of benzene rings is 3. The molecule has 2 saturated heterocycles. The van der Waals surface area contributed by atoms with Crippen molar-refractivity contribution in [1.82, 2.24) is 5.06 Å². The Labute approximate surface area is 216 Å². The molecule has 8 heteroatoms. The first kappa shape index (κ1) is 25.0. The van der Waals surface area contributed by atoms with Crippen LogP contribution in [-0.4, -0.2) is 50.7 Å². The zero-order valence-electron chi connectivity index (χ0n) is 21.3. The molecular weight excluding hydrogens is 472 g/mol. The minimum absolute atomic E-state index is 0.307. The van der Waals surface area contributed by atoms with E-state index >= 15 is 0 Å². The lowest BCUT2D eigenvalue weighted by molar-refractivity contribution is -0.309. The van der Waals surface area contributed by atoms with E-state index in [-0.39, 0.29) is 0 Å². The quantitative estimate of drug-likeness (QED) is 0.469. The van der Waals surface area contributed by atoms with Crippen LogP contribution in [0.15, 0.2) is 84.9 Å². The van der Waals surface area contributed by atoms with Crippen molar-refractivity contribution in [2.24, 2.45) is 5.92 Å². The van der Waals surface area contributed by atoms with Crippen LogP contribution in [0, 0.1) is 12.8 Å². The molecule has 37 heavy (non-hydrogen) atoms. The van der Waals surface area contributed by atoms with E-state index < -0.39 is 35.3 Å². The molecule has 4 atom stereocenters. The third-order valence-corrected chi connectivity index (χ3v) is 7.36. The van der Waals surface area contributed by atoms with Gasteiger partial charge in [0, 0.05) is 19.3 Å². The predicted molar refractivity (Wildman–Crippen MR) is 136 cm³/mol. The summed E-state index contributed by atoms with van der Waals surface area (Å²) in [5, 5.41) is 1.72. The second-order valence-corrected chi connectivity index (χ2v) is 9.27. The Morgan fingerprint density at radius 1 is 0.865 bits per heavy atom. The fourth-order valence-electron chi connectivity index (χ4n) is 5.65. The highest BCUT2D eigenvalue weighted by atomic mass is 16.8. The molecule has 0 aromatic heterocycles. The van der Waals surface area contributed by atoms with E-state index in [9.17, 15) is 9.59 Å². The third-order valence-electron chi connectivity index (χ3n) is 7.36. The number of hydrogen-bond donors (Lipinski definition) is 0. The number of anilines is 1. The zero-order chi connectivity index (χ0) is 26.2. The maximum Gasteiger partial charge on any atom is 0.369 e. The number of carbonyl (C=O) groups excluding carboxylic acids is 2. The van der Waals surface area contributed by atoms with Crippen molar-refractivity contribution in [3.8, 4) is 0 Å². The topological polar surface area (TPSA) is 77.5 Å². The summed E-state index contributed by atoms with van der Waals surface area (Å²) in [6.45, 7) is 2.34. The molecule has 0 N–H and O–H groups in total. The highest BCUT2D eigenvalue weighted by molar-refractivity contribution is 5.89. The van der Waals surface area contributed by atoms with Crippen LogP contribution in [0.1, 0.15) is 22.9 Å². The predicted octanol–water partition coefficient (Wildman–Crippen LogP) is 3.96. The number of hydroxylamine groups is 2. The van der Waals surface area contributed by atoms with Crippen molar-refractivity contribution >= 4 is 17.6 Å². The summed E-state index contributed by atoms with van der Waals surface area (Å²) in [4.78, 5) is 35.6. The summed E-state index contributed by atoms with van der Waals surface area (Å²) >= 11 is 0. The molecule has 192 valence electrons. The van der Waals surface area contributed by atoms with Gasteiger partial charge in [0.2, 0.25) is 0 Å². The first-order chi connectivity index (χ1) is 17.9. The van der Waals surface area contributed by atoms with Gasteiger partial charge in [0.1, 0.15) is 11.7 Å². The minimum Gasteiger partial charge on any atom is -0.469 e. The van der Waals surface area contributed by atoms with Crippen LogP contribution < -0.4 is 4.90 Å². The molecule has 0 spiro atoms. The lowest BCUT2D eigenvalue weighted by atomic mass is 9.74. The average molecular weight is 503 g/mol. The van der Waals surface area contributed by atoms with E-state index in [1.807, 2.05) is 91.9 Å². The molecule has 2 heterocycles.